The van der Waals surface area contributed by atoms with Crippen molar-refractivity contribution in [3.05, 3.63) is 18.0 Å². The van der Waals surface area contributed by atoms with E-state index < -0.39 is 0 Å². The van der Waals surface area contributed by atoms with E-state index in [0.717, 1.165) is 11.7 Å². The van der Waals surface area contributed by atoms with Crippen LogP contribution in [0.3, 0.4) is 0 Å². The summed E-state index contributed by atoms with van der Waals surface area (Å²) in [6.07, 6.45) is 7.25. The van der Waals surface area contributed by atoms with Crippen molar-refractivity contribution in [2.45, 2.75) is 57.7 Å². The first-order chi connectivity index (χ1) is 10.5. The fraction of sp³-hybridized carbons (Fsp3) is 0.750. The van der Waals surface area contributed by atoms with Crippen LogP contribution < -0.4 is 10.6 Å². The van der Waals surface area contributed by atoms with Crippen molar-refractivity contribution in [2.75, 3.05) is 20.7 Å². The van der Waals surface area contributed by atoms with Crippen LogP contribution in [0.15, 0.2) is 17.3 Å². The van der Waals surface area contributed by atoms with E-state index in [4.69, 9.17) is 4.74 Å². The smallest absolute Gasteiger partial charge is 0.191 e. The fourth-order valence-corrected chi connectivity index (χ4v) is 2.61. The Bertz CT molecular complexity index is 494. The first kappa shape index (κ1) is 20.2. The number of aromatic nitrogens is 2. The summed E-state index contributed by atoms with van der Waals surface area (Å²) < 4.78 is 7.51. The van der Waals surface area contributed by atoms with Gasteiger partial charge in [0.1, 0.15) is 0 Å². The zero-order chi connectivity index (χ0) is 16.0. The van der Waals surface area contributed by atoms with E-state index >= 15 is 0 Å². The molecule has 0 radical (unpaired) electrons. The maximum absolute atomic E-state index is 5.39. The molecule has 6 nitrogen and oxygen atoms in total. The SMILES string of the molecule is CN=C(NCc1ccn(C2CCCC2)n1)NCC(C)(C)OC.I. The number of nitrogens with zero attached hydrogens (tertiary/aromatic N) is 3. The summed E-state index contributed by atoms with van der Waals surface area (Å²) in [6.45, 7) is 5.44. The molecule has 23 heavy (non-hydrogen) atoms. The van der Waals surface area contributed by atoms with E-state index in [1.54, 1.807) is 14.2 Å². The van der Waals surface area contributed by atoms with Crippen molar-refractivity contribution in [3.8, 4) is 0 Å². The Kier molecular flexibility index (Phi) is 8.32. The molecule has 1 saturated carbocycles. The summed E-state index contributed by atoms with van der Waals surface area (Å²) in [5.74, 6) is 0.764. The van der Waals surface area contributed by atoms with Crippen LogP contribution in [0.1, 0.15) is 51.3 Å². The molecule has 0 unspecified atom stereocenters. The maximum Gasteiger partial charge on any atom is 0.191 e. The van der Waals surface area contributed by atoms with E-state index in [1.807, 2.05) is 13.8 Å². The van der Waals surface area contributed by atoms with Crippen LogP contribution in [0.25, 0.3) is 0 Å². The zero-order valence-corrected chi connectivity index (χ0v) is 17.0. The van der Waals surface area contributed by atoms with Crippen molar-refractivity contribution in [2.24, 2.45) is 4.99 Å². The number of rotatable bonds is 6. The summed E-state index contributed by atoms with van der Waals surface area (Å²) in [4.78, 5) is 4.23. The molecule has 1 fully saturated rings. The Balaban J connectivity index is 0.00000264. The molecule has 0 amide bonds. The minimum Gasteiger partial charge on any atom is -0.377 e. The highest BCUT2D eigenvalue weighted by atomic mass is 127. The molecule has 1 heterocycles. The van der Waals surface area contributed by atoms with Gasteiger partial charge in [-0.3, -0.25) is 9.67 Å². The van der Waals surface area contributed by atoms with Crippen LogP contribution in [0.5, 0.6) is 0 Å². The Morgan fingerprint density at radius 2 is 2.09 bits per heavy atom. The van der Waals surface area contributed by atoms with Crippen molar-refractivity contribution in [1.29, 1.82) is 0 Å². The second-order valence-electron chi connectivity index (χ2n) is 6.47. The average Bonchev–Trinajstić information content (AvgIpc) is 3.18. The molecule has 1 aromatic rings. The van der Waals surface area contributed by atoms with Crippen molar-refractivity contribution in [3.63, 3.8) is 0 Å². The monoisotopic (exact) mass is 435 g/mol. The molecule has 7 heteroatoms. The van der Waals surface area contributed by atoms with Gasteiger partial charge >= 0.3 is 0 Å². The highest BCUT2D eigenvalue weighted by Crippen LogP contribution is 2.28. The minimum atomic E-state index is -0.221. The molecule has 2 N–H and O–H groups in total. The third kappa shape index (κ3) is 6.29. The number of nitrogens with one attached hydrogen (secondary N) is 2. The van der Waals surface area contributed by atoms with Crippen molar-refractivity contribution in [1.82, 2.24) is 20.4 Å². The van der Waals surface area contributed by atoms with Crippen LogP contribution in [0.2, 0.25) is 0 Å². The van der Waals surface area contributed by atoms with Gasteiger partial charge in [0.2, 0.25) is 0 Å². The van der Waals surface area contributed by atoms with E-state index in [0.29, 0.717) is 19.1 Å². The average molecular weight is 435 g/mol. The molecule has 1 aliphatic rings. The summed E-state index contributed by atoms with van der Waals surface area (Å²) in [6, 6.07) is 2.67. The van der Waals surface area contributed by atoms with Crippen LogP contribution in [-0.4, -0.2) is 42.0 Å². The molecule has 0 bridgehead atoms. The van der Waals surface area contributed by atoms with Gasteiger partial charge in [0, 0.05) is 26.9 Å². The van der Waals surface area contributed by atoms with Gasteiger partial charge in [-0.1, -0.05) is 12.8 Å². The van der Waals surface area contributed by atoms with Gasteiger partial charge in [-0.15, -0.1) is 24.0 Å². The summed E-state index contributed by atoms with van der Waals surface area (Å²) >= 11 is 0. The van der Waals surface area contributed by atoms with E-state index in [9.17, 15) is 0 Å². The molecule has 0 aromatic carbocycles. The number of hydrogen-bond acceptors (Lipinski definition) is 3. The van der Waals surface area contributed by atoms with Gasteiger partial charge in [0.15, 0.2) is 5.96 Å². The molecule has 1 aromatic heterocycles. The first-order valence-electron chi connectivity index (χ1n) is 8.08. The molecule has 0 spiro atoms. The van der Waals surface area contributed by atoms with Crippen LogP contribution in [-0.2, 0) is 11.3 Å². The minimum absolute atomic E-state index is 0. The topological polar surface area (TPSA) is 63.5 Å². The number of hydrogen-bond donors (Lipinski definition) is 2. The summed E-state index contributed by atoms with van der Waals surface area (Å²) in [5, 5.41) is 11.2. The number of aliphatic imine (C=N–C) groups is 1. The molecular formula is C16H30IN5O. The van der Waals surface area contributed by atoms with Crippen LogP contribution in [0, 0.1) is 0 Å². The Morgan fingerprint density at radius 1 is 1.39 bits per heavy atom. The van der Waals surface area contributed by atoms with Crippen LogP contribution in [0.4, 0.5) is 0 Å². The van der Waals surface area contributed by atoms with Gasteiger partial charge in [-0.25, -0.2) is 0 Å². The number of halogens is 1. The third-order valence-electron chi connectivity index (χ3n) is 4.26. The highest BCUT2D eigenvalue weighted by molar-refractivity contribution is 14.0. The third-order valence-corrected chi connectivity index (χ3v) is 4.26. The lowest BCUT2D eigenvalue weighted by Gasteiger charge is -2.24. The lowest BCUT2D eigenvalue weighted by molar-refractivity contribution is 0.0268. The molecule has 1 aliphatic carbocycles. The van der Waals surface area contributed by atoms with Gasteiger partial charge in [0.25, 0.3) is 0 Å². The Labute approximate surface area is 156 Å². The first-order valence-corrected chi connectivity index (χ1v) is 8.08. The lowest BCUT2D eigenvalue weighted by atomic mass is 10.1. The van der Waals surface area contributed by atoms with E-state index in [2.05, 4.69) is 37.7 Å². The van der Waals surface area contributed by atoms with E-state index in [-0.39, 0.29) is 29.6 Å². The lowest BCUT2D eigenvalue weighted by Crippen LogP contribution is -2.45. The predicted octanol–water partition coefficient (Wildman–Crippen LogP) is 2.71. The predicted molar refractivity (Wildman–Crippen MR) is 104 cm³/mol. The second-order valence-corrected chi connectivity index (χ2v) is 6.47. The second kappa shape index (κ2) is 9.46. The molecule has 132 valence electrons. The largest absolute Gasteiger partial charge is 0.377 e. The number of ether oxygens (including phenoxy) is 1. The summed E-state index contributed by atoms with van der Waals surface area (Å²) in [5.41, 5.74) is 0.822. The normalized spacial score (nSPS) is 16.3. The molecule has 0 atom stereocenters. The number of guanidine groups is 1. The van der Waals surface area contributed by atoms with Gasteiger partial charge in [-0.05, 0) is 32.8 Å². The molecule has 0 saturated heterocycles. The quantitative estimate of drug-likeness (QED) is 0.410. The molecule has 0 aliphatic heterocycles. The van der Waals surface area contributed by atoms with Crippen molar-refractivity contribution >= 4 is 29.9 Å². The standard InChI is InChI=1S/C16H29N5O.HI/c1-16(2,22-4)12-19-15(17-3)18-11-13-9-10-21(20-13)14-7-5-6-8-14;/h9-10,14H,5-8,11-12H2,1-4H3,(H2,17,18,19);1H. The van der Waals surface area contributed by atoms with Gasteiger partial charge < -0.3 is 15.4 Å². The maximum atomic E-state index is 5.39. The van der Waals surface area contributed by atoms with Crippen molar-refractivity contribution < 1.29 is 4.74 Å². The molecule has 2 rings (SSSR count). The fourth-order valence-electron chi connectivity index (χ4n) is 2.61. The highest BCUT2D eigenvalue weighted by Gasteiger charge is 2.18. The van der Waals surface area contributed by atoms with E-state index in [1.165, 1.54) is 25.7 Å². The van der Waals surface area contributed by atoms with Gasteiger partial charge in [0.05, 0.1) is 23.9 Å². The van der Waals surface area contributed by atoms with Crippen LogP contribution >= 0.6 is 24.0 Å². The molecular weight excluding hydrogens is 405 g/mol. The summed E-state index contributed by atoms with van der Waals surface area (Å²) in [7, 11) is 3.49. The van der Waals surface area contributed by atoms with Gasteiger partial charge in [-0.2, -0.15) is 5.10 Å². The zero-order valence-electron chi connectivity index (χ0n) is 14.6. The Hall–Kier alpha value is -0.830. The number of methoxy groups -OCH3 is 1. The Morgan fingerprint density at radius 3 is 2.70 bits per heavy atom.